The van der Waals surface area contributed by atoms with Gasteiger partial charge in [0.15, 0.2) is 6.10 Å². The van der Waals surface area contributed by atoms with Crippen LogP contribution in [0.5, 0.6) is 0 Å². The van der Waals surface area contributed by atoms with E-state index in [1.807, 2.05) is 6.07 Å². The first-order chi connectivity index (χ1) is 12.5. The van der Waals surface area contributed by atoms with Crippen molar-refractivity contribution in [1.82, 2.24) is 0 Å². The number of amides is 1. The summed E-state index contributed by atoms with van der Waals surface area (Å²) < 4.78 is 17.3. The summed E-state index contributed by atoms with van der Waals surface area (Å²) in [6.45, 7) is 3.21. The summed E-state index contributed by atoms with van der Waals surface area (Å²) in [5, 5.41) is 11.4. The number of nitriles is 1. The Morgan fingerprint density at radius 1 is 1.19 bits per heavy atom. The number of nitrogens with zero attached hydrogens (tertiary/aromatic N) is 1. The highest BCUT2D eigenvalue weighted by molar-refractivity contribution is 7.85. The van der Waals surface area contributed by atoms with Crippen LogP contribution in [0.25, 0.3) is 0 Å². The minimum atomic E-state index is -1.31. The second-order valence-electron chi connectivity index (χ2n) is 5.36. The van der Waals surface area contributed by atoms with Crippen molar-refractivity contribution in [1.29, 1.82) is 5.26 Å². The molecule has 134 valence electrons. The van der Waals surface area contributed by atoms with Gasteiger partial charge in [-0.05, 0) is 43.3 Å². The van der Waals surface area contributed by atoms with Crippen molar-refractivity contribution in [2.45, 2.75) is 24.8 Å². The van der Waals surface area contributed by atoms with E-state index in [9.17, 15) is 13.8 Å². The predicted octanol–water partition coefficient (Wildman–Crippen LogP) is 2.87. The summed E-state index contributed by atoms with van der Waals surface area (Å²) in [5.74, 6) is -0.832. The van der Waals surface area contributed by atoms with Gasteiger partial charge < -0.3 is 10.1 Å². The number of hydrogen-bond donors (Lipinski definition) is 1. The van der Waals surface area contributed by atoms with E-state index >= 15 is 0 Å². The zero-order valence-corrected chi connectivity index (χ0v) is 15.2. The van der Waals surface area contributed by atoms with E-state index in [1.54, 1.807) is 49.4 Å². The summed E-state index contributed by atoms with van der Waals surface area (Å²) in [5.41, 5.74) is 1.15. The van der Waals surface area contributed by atoms with Crippen molar-refractivity contribution >= 4 is 28.4 Å². The molecule has 1 N–H and O–H groups in total. The molecule has 0 bridgehead atoms. The number of ether oxygens (including phenoxy) is 1. The third-order valence-corrected chi connectivity index (χ3v) is 4.92. The lowest BCUT2D eigenvalue weighted by Crippen LogP contribution is -2.30. The van der Waals surface area contributed by atoms with E-state index in [4.69, 9.17) is 10.00 Å². The van der Waals surface area contributed by atoms with Gasteiger partial charge in [0.05, 0.1) is 32.9 Å². The van der Waals surface area contributed by atoms with Crippen LogP contribution < -0.4 is 5.32 Å². The van der Waals surface area contributed by atoms with Crippen LogP contribution >= 0.6 is 0 Å². The lowest BCUT2D eigenvalue weighted by Gasteiger charge is -2.15. The number of esters is 1. The van der Waals surface area contributed by atoms with Gasteiger partial charge in [-0.3, -0.25) is 9.00 Å². The van der Waals surface area contributed by atoms with Gasteiger partial charge in [0.1, 0.15) is 0 Å². The largest absolute Gasteiger partial charge is 0.449 e. The maximum absolute atomic E-state index is 12.4. The van der Waals surface area contributed by atoms with Crippen molar-refractivity contribution in [3.63, 3.8) is 0 Å². The predicted molar refractivity (Wildman–Crippen MR) is 98.1 cm³/mol. The third-order valence-electron chi connectivity index (χ3n) is 3.55. The van der Waals surface area contributed by atoms with E-state index in [2.05, 4.69) is 5.32 Å². The molecule has 0 saturated carbocycles. The number of nitrogens with one attached hydrogen (secondary N) is 1. The van der Waals surface area contributed by atoms with Crippen LogP contribution in [0.2, 0.25) is 0 Å². The number of rotatable bonds is 6. The molecule has 0 aromatic heterocycles. The molecule has 6 nitrogen and oxygen atoms in total. The zero-order chi connectivity index (χ0) is 19.1. The van der Waals surface area contributed by atoms with Crippen LogP contribution in [0.15, 0.2) is 53.4 Å². The molecule has 0 unspecified atom stereocenters. The fourth-order valence-corrected chi connectivity index (χ4v) is 3.08. The molecule has 2 aromatic carbocycles. The Morgan fingerprint density at radius 3 is 2.46 bits per heavy atom. The first-order valence-electron chi connectivity index (χ1n) is 7.95. The van der Waals surface area contributed by atoms with Crippen LogP contribution in [0.4, 0.5) is 5.69 Å². The molecule has 2 atom stereocenters. The molecule has 0 radical (unpaired) electrons. The van der Waals surface area contributed by atoms with Gasteiger partial charge >= 0.3 is 5.97 Å². The molecule has 1 amide bonds. The summed E-state index contributed by atoms with van der Waals surface area (Å²) in [4.78, 5) is 24.9. The molecule has 0 spiro atoms. The molecule has 0 aliphatic heterocycles. The van der Waals surface area contributed by atoms with Crippen molar-refractivity contribution < 1.29 is 18.5 Å². The Morgan fingerprint density at radius 2 is 1.85 bits per heavy atom. The molecule has 0 aliphatic carbocycles. The van der Waals surface area contributed by atoms with Crippen molar-refractivity contribution in [2.75, 3.05) is 11.1 Å². The molecule has 26 heavy (non-hydrogen) atoms. The minimum absolute atomic E-state index is 0.186. The molecular formula is C19H18N2O4S. The van der Waals surface area contributed by atoms with Crippen LogP contribution in [0, 0.1) is 11.3 Å². The second-order valence-corrected chi connectivity index (χ2v) is 7.06. The number of benzene rings is 2. The van der Waals surface area contributed by atoms with Gasteiger partial charge in [-0.15, -0.1) is 0 Å². The lowest BCUT2D eigenvalue weighted by molar-refractivity contribution is -0.123. The quantitative estimate of drug-likeness (QED) is 0.789. The number of hydrogen-bond acceptors (Lipinski definition) is 5. The average molecular weight is 370 g/mol. The third kappa shape index (κ3) is 4.77. The van der Waals surface area contributed by atoms with E-state index in [-0.39, 0.29) is 5.56 Å². The van der Waals surface area contributed by atoms with Crippen molar-refractivity contribution in [2.24, 2.45) is 0 Å². The standard InChI is InChI=1S/C19H18N2O4S/c1-3-26(24)17-7-5-4-6-16(17)19(23)25-13(2)18(22)21-15-10-8-14(12-20)9-11-15/h4-11,13H,3H2,1-2H3,(H,21,22)/t13-,26+/m1/s1. The molecule has 0 heterocycles. The molecule has 2 aromatic rings. The Hall–Kier alpha value is -2.98. The molecule has 0 aliphatic rings. The van der Waals surface area contributed by atoms with Gasteiger partial charge in [-0.1, -0.05) is 19.1 Å². The second kappa shape index (κ2) is 8.92. The van der Waals surface area contributed by atoms with Gasteiger partial charge in [0.25, 0.3) is 5.91 Å². The molecule has 7 heteroatoms. The summed E-state index contributed by atoms with van der Waals surface area (Å²) >= 11 is 0. The van der Waals surface area contributed by atoms with E-state index in [1.165, 1.54) is 13.0 Å². The SMILES string of the molecule is CC[S@](=O)c1ccccc1C(=O)O[C@H](C)C(=O)Nc1ccc(C#N)cc1. The van der Waals surface area contributed by atoms with Gasteiger partial charge in [-0.2, -0.15) is 5.26 Å². The molecule has 0 saturated heterocycles. The fraction of sp³-hybridized carbons (Fsp3) is 0.211. The number of carbonyl (C=O) groups is 2. The highest BCUT2D eigenvalue weighted by atomic mass is 32.2. The van der Waals surface area contributed by atoms with Gasteiger partial charge in [-0.25, -0.2) is 4.79 Å². The van der Waals surface area contributed by atoms with Crippen LogP contribution in [-0.4, -0.2) is 27.9 Å². The molecule has 2 rings (SSSR count). The normalized spacial score (nSPS) is 12.5. The van der Waals surface area contributed by atoms with Crippen LogP contribution in [-0.2, 0) is 20.3 Å². The average Bonchev–Trinajstić information content (AvgIpc) is 2.67. The molecular weight excluding hydrogens is 352 g/mol. The minimum Gasteiger partial charge on any atom is -0.449 e. The van der Waals surface area contributed by atoms with E-state index < -0.39 is 28.8 Å². The Bertz CT molecular complexity index is 872. The van der Waals surface area contributed by atoms with Crippen LogP contribution in [0.3, 0.4) is 0 Å². The van der Waals surface area contributed by atoms with Crippen molar-refractivity contribution in [3.05, 3.63) is 59.7 Å². The number of carbonyl (C=O) groups excluding carboxylic acids is 2. The van der Waals surface area contributed by atoms with Crippen molar-refractivity contribution in [3.8, 4) is 6.07 Å². The summed E-state index contributed by atoms with van der Waals surface area (Å²) in [7, 11) is -1.31. The number of anilines is 1. The first-order valence-corrected chi connectivity index (χ1v) is 9.27. The molecule has 0 fully saturated rings. The topological polar surface area (TPSA) is 96.3 Å². The Kier molecular flexibility index (Phi) is 6.64. The summed E-state index contributed by atoms with van der Waals surface area (Å²) in [6, 6.07) is 14.8. The van der Waals surface area contributed by atoms with Gasteiger partial charge in [0, 0.05) is 11.4 Å². The maximum Gasteiger partial charge on any atom is 0.340 e. The van der Waals surface area contributed by atoms with E-state index in [0.29, 0.717) is 21.9 Å². The van der Waals surface area contributed by atoms with Crippen LogP contribution in [0.1, 0.15) is 29.8 Å². The highest BCUT2D eigenvalue weighted by Gasteiger charge is 2.22. The van der Waals surface area contributed by atoms with Gasteiger partial charge in [0.2, 0.25) is 0 Å². The smallest absolute Gasteiger partial charge is 0.340 e. The fourth-order valence-electron chi connectivity index (χ4n) is 2.14. The lowest BCUT2D eigenvalue weighted by atomic mass is 10.2. The zero-order valence-electron chi connectivity index (χ0n) is 14.4. The first kappa shape index (κ1) is 19.3. The highest BCUT2D eigenvalue weighted by Crippen LogP contribution is 2.16. The maximum atomic E-state index is 12.4. The Balaban J connectivity index is 2.05. The van der Waals surface area contributed by atoms with E-state index in [0.717, 1.165) is 0 Å². The summed E-state index contributed by atoms with van der Waals surface area (Å²) in [6.07, 6.45) is -1.04. The monoisotopic (exact) mass is 370 g/mol. The Labute approximate surface area is 154 Å².